The molecule has 0 radical (unpaired) electrons. The molecule has 20 heavy (non-hydrogen) atoms. The van der Waals surface area contributed by atoms with Gasteiger partial charge in [0, 0.05) is 39.3 Å². The highest BCUT2D eigenvalue weighted by Gasteiger charge is 2.20. The van der Waals surface area contributed by atoms with Crippen LogP contribution in [-0.4, -0.2) is 69.9 Å². The molecule has 0 saturated carbocycles. The average molecular weight is 276 g/mol. The van der Waals surface area contributed by atoms with E-state index >= 15 is 0 Å². The molecule has 0 bridgehead atoms. The Morgan fingerprint density at radius 1 is 1.25 bits per heavy atom. The van der Waals surface area contributed by atoms with Gasteiger partial charge in [0.05, 0.1) is 24.2 Å². The van der Waals surface area contributed by atoms with E-state index in [1.54, 1.807) is 0 Å². The molecule has 0 atom stereocenters. The maximum absolute atomic E-state index is 4.61. The number of likely N-dealkylation sites (N-methyl/N-ethyl adjacent to an activating group) is 1. The van der Waals surface area contributed by atoms with E-state index in [0.29, 0.717) is 0 Å². The number of hydrogen-bond acceptors (Lipinski definition) is 6. The predicted molar refractivity (Wildman–Crippen MR) is 83.7 cm³/mol. The van der Waals surface area contributed by atoms with Gasteiger partial charge in [0.15, 0.2) is 0 Å². The first kappa shape index (κ1) is 13.5. The highest BCUT2D eigenvalue weighted by molar-refractivity contribution is 5.72. The van der Waals surface area contributed by atoms with Crippen LogP contribution in [0.1, 0.15) is 0 Å². The zero-order valence-electron chi connectivity index (χ0n) is 12.4. The van der Waals surface area contributed by atoms with Crippen molar-refractivity contribution >= 4 is 17.2 Å². The molecule has 0 amide bonds. The highest BCUT2D eigenvalue weighted by Crippen LogP contribution is 2.30. The molecule has 3 heterocycles. The molecule has 1 aromatic heterocycles. The number of rotatable bonds is 3. The van der Waals surface area contributed by atoms with Crippen LogP contribution in [0.5, 0.6) is 0 Å². The van der Waals surface area contributed by atoms with E-state index in [1.165, 1.54) is 11.4 Å². The van der Waals surface area contributed by atoms with E-state index in [-0.39, 0.29) is 0 Å². The lowest BCUT2D eigenvalue weighted by Crippen LogP contribution is -2.45. The van der Waals surface area contributed by atoms with Gasteiger partial charge in [-0.3, -0.25) is 0 Å². The summed E-state index contributed by atoms with van der Waals surface area (Å²) in [4.78, 5) is 11.8. The minimum atomic E-state index is 0.864. The summed E-state index contributed by atoms with van der Waals surface area (Å²) in [6, 6.07) is 2.27. The summed E-state index contributed by atoms with van der Waals surface area (Å²) in [6.45, 7) is 7.23. The molecule has 0 unspecified atom stereocenters. The Labute approximate surface area is 120 Å². The fraction of sp³-hybridized carbons (Fsp3) is 0.643. The summed E-state index contributed by atoms with van der Waals surface area (Å²) in [5.74, 6) is 1.00. The number of pyridine rings is 1. The number of hydrogen-bond donors (Lipinski definition) is 2. The normalized spacial score (nSPS) is 19.7. The van der Waals surface area contributed by atoms with Crippen LogP contribution < -0.4 is 20.4 Å². The molecule has 110 valence electrons. The van der Waals surface area contributed by atoms with Gasteiger partial charge in [0.25, 0.3) is 0 Å². The Morgan fingerprint density at radius 3 is 2.80 bits per heavy atom. The standard InChI is InChI=1S/C14H24N6/c1-15-11-20-4-3-16-14-13(20)9-12(10-17-14)19-7-5-18(2)6-8-19/h9-10,15H,3-8,11H2,1-2H3,(H,16,17). The Morgan fingerprint density at radius 2 is 2.05 bits per heavy atom. The Balaban J connectivity index is 1.81. The fourth-order valence-corrected chi connectivity index (χ4v) is 2.84. The molecule has 0 spiro atoms. The smallest absolute Gasteiger partial charge is 0.149 e. The van der Waals surface area contributed by atoms with Gasteiger partial charge in [0.2, 0.25) is 0 Å². The summed E-state index contributed by atoms with van der Waals surface area (Å²) in [5, 5.41) is 6.61. The van der Waals surface area contributed by atoms with Gasteiger partial charge in [0.1, 0.15) is 5.82 Å². The Kier molecular flexibility index (Phi) is 3.93. The van der Waals surface area contributed by atoms with Crippen molar-refractivity contribution in [3.05, 3.63) is 12.3 Å². The van der Waals surface area contributed by atoms with Gasteiger partial charge in [-0.25, -0.2) is 4.98 Å². The minimum absolute atomic E-state index is 0.864. The van der Waals surface area contributed by atoms with Gasteiger partial charge in [-0.15, -0.1) is 0 Å². The van der Waals surface area contributed by atoms with Crippen LogP contribution in [0.4, 0.5) is 17.2 Å². The number of aromatic nitrogens is 1. The molecular formula is C14H24N6. The largest absolute Gasteiger partial charge is 0.368 e. The second-order valence-corrected chi connectivity index (χ2v) is 5.55. The van der Waals surface area contributed by atoms with Crippen molar-refractivity contribution in [1.82, 2.24) is 15.2 Å². The minimum Gasteiger partial charge on any atom is -0.368 e. The Hall–Kier alpha value is -1.53. The van der Waals surface area contributed by atoms with Crippen LogP contribution in [0, 0.1) is 0 Å². The zero-order chi connectivity index (χ0) is 13.9. The summed E-state index contributed by atoms with van der Waals surface area (Å²) in [6.07, 6.45) is 2.00. The van der Waals surface area contributed by atoms with Gasteiger partial charge in [-0.2, -0.15) is 0 Å². The van der Waals surface area contributed by atoms with E-state index in [1.807, 2.05) is 13.2 Å². The highest BCUT2D eigenvalue weighted by atomic mass is 15.3. The van der Waals surface area contributed by atoms with Crippen molar-refractivity contribution in [3.63, 3.8) is 0 Å². The summed E-state index contributed by atoms with van der Waals surface area (Å²) < 4.78 is 0. The molecule has 0 aromatic carbocycles. The van der Waals surface area contributed by atoms with Crippen LogP contribution >= 0.6 is 0 Å². The van der Waals surface area contributed by atoms with Gasteiger partial charge in [-0.05, 0) is 20.2 Å². The van der Waals surface area contributed by atoms with Gasteiger partial charge < -0.3 is 25.3 Å². The van der Waals surface area contributed by atoms with E-state index in [9.17, 15) is 0 Å². The van der Waals surface area contributed by atoms with Crippen molar-refractivity contribution in [2.24, 2.45) is 0 Å². The first-order chi connectivity index (χ1) is 9.78. The lowest BCUT2D eigenvalue weighted by atomic mass is 10.2. The topological polar surface area (TPSA) is 46.7 Å². The third-order valence-corrected chi connectivity index (χ3v) is 4.09. The molecule has 6 heteroatoms. The zero-order valence-corrected chi connectivity index (χ0v) is 12.4. The maximum atomic E-state index is 4.61. The second kappa shape index (κ2) is 5.85. The molecule has 2 N–H and O–H groups in total. The van der Waals surface area contributed by atoms with Crippen molar-refractivity contribution in [3.8, 4) is 0 Å². The predicted octanol–water partition coefficient (Wildman–Crippen LogP) is 0.242. The van der Waals surface area contributed by atoms with Crippen LogP contribution in [0.3, 0.4) is 0 Å². The van der Waals surface area contributed by atoms with Gasteiger partial charge in [-0.1, -0.05) is 0 Å². The fourth-order valence-electron chi connectivity index (χ4n) is 2.84. The van der Waals surface area contributed by atoms with E-state index < -0.39 is 0 Å². The lowest BCUT2D eigenvalue weighted by molar-refractivity contribution is 0.313. The van der Waals surface area contributed by atoms with Crippen LogP contribution in [0.2, 0.25) is 0 Å². The lowest BCUT2D eigenvalue weighted by Gasteiger charge is -2.36. The van der Waals surface area contributed by atoms with Gasteiger partial charge >= 0.3 is 0 Å². The Bertz CT molecular complexity index is 455. The number of piperazine rings is 1. The molecule has 2 aliphatic heterocycles. The molecule has 1 fully saturated rings. The van der Waals surface area contributed by atoms with Crippen molar-refractivity contribution in [2.75, 3.05) is 75.1 Å². The van der Waals surface area contributed by atoms with Crippen LogP contribution in [0.25, 0.3) is 0 Å². The van der Waals surface area contributed by atoms with Crippen molar-refractivity contribution < 1.29 is 0 Å². The van der Waals surface area contributed by atoms with Crippen LogP contribution in [-0.2, 0) is 0 Å². The van der Waals surface area contributed by atoms with E-state index in [2.05, 4.69) is 43.4 Å². The number of fused-ring (bicyclic) bond motifs is 1. The first-order valence-electron chi connectivity index (χ1n) is 7.35. The monoisotopic (exact) mass is 276 g/mol. The average Bonchev–Trinajstić information content (AvgIpc) is 2.48. The molecule has 1 aromatic rings. The third kappa shape index (κ3) is 2.66. The van der Waals surface area contributed by atoms with E-state index in [0.717, 1.165) is 51.8 Å². The molecule has 6 nitrogen and oxygen atoms in total. The second-order valence-electron chi connectivity index (χ2n) is 5.55. The summed E-state index contributed by atoms with van der Waals surface area (Å²) >= 11 is 0. The maximum Gasteiger partial charge on any atom is 0.149 e. The number of nitrogens with one attached hydrogen (secondary N) is 2. The van der Waals surface area contributed by atoms with Crippen LogP contribution in [0.15, 0.2) is 12.3 Å². The summed E-state index contributed by atoms with van der Waals surface area (Å²) in [7, 11) is 4.17. The van der Waals surface area contributed by atoms with E-state index in [4.69, 9.17) is 0 Å². The van der Waals surface area contributed by atoms with Crippen molar-refractivity contribution in [1.29, 1.82) is 0 Å². The SMILES string of the molecule is CNCN1CCNc2ncc(N3CCN(C)CC3)cc21. The molecule has 2 aliphatic rings. The quantitative estimate of drug-likeness (QED) is 0.825. The first-order valence-corrected chi connectivity index (χ1v) is 7.35. The third-order valence-electron chi connectivity index (χ3n) is 4.09. The summed E-state index contributed by atoms with van der Waals surface area (Å²) in [5.41, 5.74) is 2.45. The molecular weight excluding hydrogens is 252 g/mol. The molecule has 1 saturated heterocycles. The molecule has 3 rings (SSSR count). The molecule has 0 aliphatic carbocycles. The number of nitrogens with zero attached hydrogens (tertiary/aromatic N) is 4. The number of anilines is 3. The van der Waals surface area contributed by atoms with Crippen molar-refractivity contribution in [2.45, 2.75) is 0 Å².